The molecule has 23 heavy (non-hydrogen) atoms. The van der Waals surface area contributed by atoms with Crippen LogP contribution in [-0.2, 0) is 0 Å². The summed E-state index contributed by atoms with van der Waals surface area (Å²) in [6.45, 7) is 3.66. The number of nitrogens with one attached hydrogen (secondary N) is 1. The third-order valence-corrected chi connectivity index (χ3v) is 3.66. The Morgan fingerprint density at radius 3 is 2.96 bits per heavy atom. The van der Waals surface area contributed by atoms with Gasteiger partial charge in [0.2, 0.25) is 0 Å². The molecule has 0 saturated heterocycles. The molecule has 0 aromatic carbocycles. The van der Waals surface area contributed by atoms with E-state index in [1.807, 2.05) is 13.8 Å². The summed E-state index contributed by atoms with van der Waals surface area (Å²) in [7, 11) is 0. The SMILES string of the molecule is Cc1nnc2ccc(C(=O)NC(C)CC(O)c3ccco3)cn12. The third kappa shape index (κ3) is 3.24. The number of carbonyl (C=O) groups is 1. The highest BCUT2D eigenvalue weighted by atomic mass is 16.4. The number of aliphatic hydroxyl groups excluding tert-OH is 1. The summed E-state index contributed by atoms with van der Waals surface area (Å²) in [6, 6.07) is 6.67. The van der Waals surface area contributed by atoms with Gasteiger partial charge in [0.15, 0.2) is 5.65 Å². The standard InChI is InChI=1S/C16H18N4O3/c1-10(8-13(21)14-4-3-7-23-14)17-16(22)12-5-6-15-19-18-11(2)20(15)9-12/h3-7,9-10,13,21H,8H2,1-2H3,(H,17,22). The number of pyridine rings is 1. The van der Waals surface area contributed by atoms with Crippen molar-refractivity contribution in [3.8, 4) is 0 Å². The fraction of sp³-hybridized carbons (Fsp3) is 0.312. The van der Waals surface area contributed by atoms with Crippen LogP contribution < -0.4 is 5.32 Å². The van der Waals surface area contributed by atoms with E-state index in [0.717, 1.165) is 5.82 Å². The summed E-state index contributed by atoms with van der Waals surface area (Å²) in [5, 5.41) is 20.9. The number of nitrogens with zero attached hydrogens (tertiary/aromatic N) is 3. The van der Waals surface area contributed by atoms with Crippen LogP contribution in [0.15, 0.2) is 41.1 Å². The predicted octanol–water partition coefficient (Wildman–Crippen LogP) is 1.87. The molecule has 2 N–H and O–H groups in total. The molecule has 120 valence electrons. The number of amides is 1. The Kier molecular flexibility index (Phi) is 4.12. The minimum atomic E-state index is -0.747. The second-order valence-corrected chi connectivity index (χ2v) is 5.53. The van der Waals surface area contributed by atoms with Crippen LogP contribution in [0.1, 0.15) is 41.4 Å². The van der Waals surface area contributed by atoms with E-state index < -0.39 is 6.10 Å². The zero-order valence-electron chi connectivity index (χ0n) is 12.9. The molecule has 0 saturated carbocycles. The van der Waals surface area contributed by atoms with Crippen LogP contribution in [0.2, 0.25) is 0 Å². The van der Waals surface area contributed by atoms with E-state index >= 15 is 0 Å². The van der Waals surface area contributed by atoms with Crippen molar-refractivity contribution in [3.05, 3.63) is 53.9 Å². The van der Waals surface area contributed by atoms with Crippen LogP contribution in [0.5, 0.6) is 0 Å². The van der Waals surface area contributed by atoms with Crippen molar-refractivity contribution >= 4 is 11.6 Å². The van der Waals surface area contributed by atoms with Gasteiger partial charge in [-0.05, 0) is 38.1 Å². The number of aryl methyl sites for hydroxylation is 1. The summed E-state index contributed by atoms with van der Waals surface area (Å²) in [4.78, 5) is 12.3. The van der Waals surface area contributed by atoms with E-state index in [0.29, 0.717) is 23.4 Å². The molecule has 3 aromatic rings. The lowest BCUT2D eigenvalue weighted by atomic mass is 10.1. The Morgan fingerprint density at radius 1 is 1.39 bits per heavy atom. The molecule has 7 nitrogen and oxygen atoms in total. The van der Waals surface area contributed by atoms with Crippen LogP contribution in [0.4, 0.5) is 0 Å². The van der Waals surface area contributed by atoms with Gasteiger partial charge in [-0.2, -0.15) is 0 Å². The molecule has 0 aliphatic carbocycles. The van der Waals surface area contributed by atoms with Crippen LogP contribution in [0.25, 0.3) is 5.65 Å². The number of hydrogen-bond donors (Lipinski definition) is 2. The quantitative estimate of drug-likeness (QED) is 0.750. The highest BCUT2D eigenvalue weighted by Crippen LogP contribution is 2.18. The van der Waals surface area contributed by atoms with Crippen molar-refractivity contribution in [1.82, 2.24) is 19.9 Å². The highest BCUT2D eigenvalue weighted by Gasteiger charge is 2.17. The number of rotatable bonds is 5. The smallest absolute Gasteiger partial charge is 0.252 e. The van der Waals surface area contributed by atoms with Crippen molar-refractivity contribution in [2.75, 3.05) is 0 Å². The third-order valence-electron chi connectivity index (χ3n) is 3.66. The first kappa shape index (κ1) is 15.2. The molecule has 3 aromatic heterocycles. The number of furan rings is 1. The Morgan fingerprint density at radius 2 is 2.22 bits per heavy atom. The minimum Gasteiger partial charge on any atom is -0.467 e. The molecule has 2 unspecified atom stereocenters. The highest BCUT2D eigenvalue weighted by molar-refractivity contribution is 5.94. The fourth-order valence-corrected chi connectivity index (χ4v) is 2.44. The van der Waals surface area contributed by atoms with Crippen molar-refractivity contribution in [3.63, 3.8) is 0 Å². The maximum Gasteiger partial charge on any atom is 0.252 e. The van der Waals surface area contributed by atoms with E-state index in [1.165, 1.54) is 6.26 Å². The van der Waals surface area contributed by atoms with E-state index in [-0.39, 0.29) is 11.9 Å². The maximum atomic E-state index is 12.3. The predicted molar refractivity (Wildman–Crippen MR) is 82.9 cm³/mol. The Bertz CT molecular complexity index is 810. The molecule has 1 amide bonds. The van der Waals surface area contributed by atoms with Gasteiger partial charge in [-0.1, -0.05) is 0 Å². The molecule has 0 spiro atoms. The van der Waals surface area contributed by atoms with E-state index in [2.05, 4.69) is 15.5 Å². The van der Waals surface area contributed by atoms with E-state index in [4.69, 9.17) is 4.42 Å². The first-order valence-corrected chi connectivity index (χ1v) is 7.38. The number of hydrogen-bond acceptors (Lipinski definition) is 5. The maximum absolute atomic E-state index is 12.3. The summed E-state index contributed by atoms with van der Waals surface area (Å²) in [5.74, 6) is 1.00. The average molecular weight is 314 g/mol. The van der Waals surface area contributed by atoms with Crippen molar-refractivity contribution < 1.29 is 14.3 Å². The molecule has 0 fully saturated rings. The molecule has 3 rings (SSSR count). The van der Waals surface area contributed by atoms with Gasteiger partial charge in [0, 0.05) is 18.7 Å². The fourth-order valence-electron chi connectivity index (χ4n) is 2.44. The first-order valence-electron chi connectivity index (χ1n) is 7.38. The van der Waals surface area contributed by atoms with Crippen LogP contribution in [0, 0.1) is 6.92 Å². The lowest BCUT2D eigenvalue weighted by Gasteiger charge is -2.16. The second-order valence-electron chi connectivity index (χ2n) is 5.53. The van der Waals surface area contributed by atoms with Crippen molar-refractivity contribution in [2.24, 2.45) is 0 Å². The van der Waals surface area contributed by atoms with Gasteiger partial charge in [-0.25, -0.2) is 0 Å². The normalized spacial score (nSPS) is 13.9. The zero-order valence-corrected chi connectivity index (χ0v) is 12.9. The number of aromatic nitrogens is 3. The molecule has 7 heteroatoms. The first-order chi connectivity index (χ1) is 11.0. The van der Waals surface area contributed by atoms with Crippen molar-refractivity contribution in [2.45, 2.75) is 32.4 Å². The molecule has 0 aliphatic heterocycles. The Labute approximate surface area is 133 Å². The Balaban J connectivity index is 1.66. The second kappa shape index (κ2) is 6.21. The van der Waals surface area contributed by atoms with Gasteiger partial charge >= 0.3 is 0 Å². The number of fused-ring (bicyclic) bond motifs is 1. The summed E-state index contributed by atoms with van der Waals surface area (Å²) >= 11 is 0. The van der Waals surface area contributed by atoms with Crippen molar-refractivity contribution in [1.29, 1.82) is 0 Å². The summed E-state index contributed by atoms with van der Waals surface area (Å²) in [6.07, 6.45) is 2.84. The largest absolute Gasteiger partial charge is 0.467 e. The topological polar surface area (TPSA) is 92.7 Å². The van der Waals surface area contributed by atoms with Gasteiger partial charge < -0.3 is 14.8 Å². The Hall–Kier alpha value is -2.67. The molecular weight excluding hydrogens is 296 g/mol. The lowest BCUT2D eigenvalue weighted by molar-refractivity contribution is 0.0902. The molecule has 0 aliphatic rings. The molecule has 3 heterocycles. The van der Waals surface area contributed by atoms with Crippen LogP contribution in [-0.4, -0.2) is 31.7 Å². The minimum absolute atomic E-state index is 0.208. The lowest BCUT2D eigenvalue weighted by Crippen LogP contribution is -2.33. The monoisotopic (exact) mass is 314 g/mol. The van der Waals surface area contributed by atoms with Gasteiger partial charge in [-0.15, -0.1) is 10.2 Å². The summed E-state index contributed by atoms with van der Waals surface area (Å²) < 4.78 is 6.92. The molecule has 0 radical (unpaired) electrons. The van der Waals surface area contributed by atoms with Crippen LogP contribution >= 0.6 is 0 Å². The molecule has 0 bridgehead atoms. The van der Waals surface area contributed by atoms with Gasteiger partial charge in [0.05, 0.1) is 11.8 Å². The van der Waals surface area contributed by atoms with Gasteiger partial charge in [0.1, 0.15) is 17.7 Å². The zero-order chi connectivity index (χ0) is 16.4. The van der Waals surface area contributed by atoms with Gasteiger partial charge in [0.25, 0.3) is 5.91 Å². The number of aliphatic hydroxyl groups is 1. The molecule has 2 atom stereocenters. The van der Waals surface area contributed by atoms with Gasteiger partial charge in [-0.3, -0.25) is 9.20 Å². The average Bonchev–Trinajstić information content (AvgIpc) is 3.17. The molecular formula is C16H18N4O3. The summed E-state index contributed by atoms with van der Waals surface area (Å²) in [5.41, 5.74) is 1.21. The van der Waals surface area contributed by atoms with Crippen LogP contribution in [0.3, 0.4) is 0 Å². The van der Waals surface area contributed by atoms with E-state index in [1.54, 1.807) is 34.9 Å². The number of carbonyl (C=O) groups excluding carboxylic acids is 1. The van der Waals surface area contributed by atoms with E-state index in [9.17, 15) is 9.90 Å².